The molecule has 0 aliphatic carbocycles. The molecule has 0 heterocycles. The minimum Gasteiger partial charge on any atom is -0.487 e. The smallest absolute Gasteiger partial charge is 0.278 e. The summed E-state index contributed by atoms with van der Waals surface area (Å²) in [5.74, 6) is -2.54. The van der Waals surface area contributed by atoms with E-state index in [-0.39, 0.29) is 6.61 Å². The van der Waals surface area contributed by atoms with Crippen LogP contribution < -0.4 is 4.74 Å². The number of ether oxygens (including phenoxy) is 1. The van der Waals surface area contributed by atoms with Crippen LogP contribution in [0.15, 0.2) is 22.7 Å². The van der Waals surface area contributed by atoms with Crippen molar-refractivity contribution < 1.29 is 18.6 Å². The van der Waals surface area contributed by atoms with Gasteiger partial charge in [0, 0.05) is 11.4 Å². The second-order valence-corrected chi connectivity index (χ2v) is 4.23. The molecule has 5 heteroatoms. The number of hydrogen-bond acceptors (Lipinski definition) is 2. The molecule has 0 aromatic heterocycles. The largest absolute Gasteiger partial charge is 0.487 e. The first-order valence-electron chi connectivity index (χ1n) is 4.32. The van der Waals surface area contributed by atoms with Gasteiger partial charge in [-0.25, -0.2) is 8.78 Å². The van der Waals surface area contributed by atoms with Crippen LogP contribution in [0.4, 0.5) is 8.78 Å². The Kier molecular flexibility index (Phi) is 4.04. The second kappa shape index (κ2) is 4.90. The van der Waals surface area contributed by atoms with Crippen molar-refractivity contribution >= 4 is 15.9 Å². The fraction of sp³-hybridized carbons (Fsp3) is 0.400. The van der Waals surface area contributed by atoms with E-state index in [9.17, 15) is 8.78 Å². The molecule has 15 heavy (non-hydrogen) atoms. The van der Waals surface area contributed by atoms with Crippen LogP contribution in [0.1, 0.15) is 12.5 Å². The van der Waals surface area contributed by atoms with Gasteiger partial charge < -0.3 is 9.84 Å². The van der Waals surface area contributed by atoms with Gasteiger partial charge in [-0.3, -0.25) is 0 Å². The van der Waals surface area contributed by atoms with Crippen molar-refractivity contribution in [3.8, 4) is 5.75 Å². The van der Waals surface area contributed by atoms with E-state index in [1.165, 1.54) is 6.07 Å². The molecule has 1 aromatic carbocycles. The normalized spacial score (nSPS) is 11.5. The average Bonchev–Trinajstić information content (AvgIpc) is 2.13. The van der Waals surface area contributed by atoms with E-state index in [0.717, 1.165) is 6.92 Å². The quantitative estimate of drug-likeness (QED) is 0.919. The van der Waals surface area contributed by atoms with E-state index in [0.29, 0.717) is 15.8 Å². The average molecular weight is 281 g/mol. The van der Waals surface area contributed by atoms with E-state index in [4.69, 9.17) is 9.84 Å². The first kappa shape index (κ1) is 12.4. The van der Waals surface area contributed by atoms with Gasteiger partial charge in [-0.1, -0.05) is 15.9 Å². The highest BCUT2D eigenvalue weighted by Gasteiger charge is 2.22. The molecule has 0 amide bonds. The van der Waals surface area contributed by atoms with E-state index in [1.807, 2.05) is 0 Å². The van der Waals surface area contributed by atoms with Crippen LogP contribution in [0, 0.1) is 0 Å². The van der Waals surface area contributed by atoms with Gasteiger partial charge in [0.25, 0.3) is 5.92 Å². The number of halogens is 3. The maximum absolute atomic E-state index is 12.5. The van der Waals surface area contributed by atoms with Gasteiger partial charge in [0.05, 0.1) is 6.61 Å². The molecule has 0 fully saturated rings. The lowest BCUT2D eigenvalue weighted by atomic mass is 10.2. The summed E-state index contributed by atoms with van der Waals surface area (Å²) in [5, 5.41) is 8.89. The maximum Gasteiger partial charge on any atom is 0.278 e. The van der Waals surface area contributed by atoms with Gasteiger partial charge in [0.1, 0.15) is 5.75 Å². The van der Waals surface area contributed by atoms with Gasteiger partial charge >= 0.3 is 0 Å². The van der Waals surface area contributed by atoms with E-state index >= 15 is 0 Å². The van der Waals surface area contributed by atoms with Crippen molar-refractivity contribution in [2.75, 3.05) is 6.61 Å². The fourth-order valence-corrected chi connectivity index (χ4v) is 1.53. The first-order valence-corrected chi connectivity index (χ1v) is 5.11. The third-order valence-electron chi connectivity index (χ3n) is 1.61. The molecule has 1 rings (SSSR count). The zero-order valence-electron chi connectivity index (χ0n) is 8.14. The summed E-state index contributed by atoms with van der Waals surface area (Å²) in [5.41, 5.74) is 0.610. The standard InChI is InChI=1S/C10H11BrF2O2/c1-10(12,13)6-15-9-3-7(5-14)2-8(11)4-9/h2-4,14H,5-6H2,1H3. The number of aliphatic hydroxyl groups is 1. The molecule has 0 unspecified atom stereocenters. The third kappa shape index (κ3) is 4.57. The van der Waals surface area contributed by atoms with Crippen molar-refractivity contribution in [2.24, 2.45) is 0 Å². The lowest BCUT2D eigenvalue weighted by Gasteiger charge is -2.12. The number of aliphatic hydroxyl groups excluding tert-OH is 1. The van der Waals surface area contributed by atoms with Crippen LogP contribution >= 0.6 is 15.9 Å². The minimum atomic E-state index is -2.86. The van der Waals surface area contributed by atoms with Gasteiger partial charge in [0.15, 0.2) is 6.61 Å². The van der Waals surface area contributed by atoms with Crippen molar-refractivity contribution in [1.29, 1.82) is 0 Å². The van der Waals surface area contributed by atoms with Gasteiger partial charge in [0.2, 0.25) is 0 Å². The molecule has 0 saturated heterocycles. The molecule has 0 spiro atoms. The second-order valence-electron chi connectivity index (χ2n) is 3.31. The fourth-order valence-electron chi connectivity index (χ4n) is 1.01. The predicted molar refractivity (Wildman–Crippen MR) is 56.2 cm³/mol. The zero-order chi connectivity index (χ0) is 11.5. The van der Waals surface area contributed by atoms with E-state index in [2.05, 4.69) is 15.9 Å². The summed E-state index contributed by atoms with van der Waals surface area (Å²) >= 11 is 3.20. The Morgan fingerprint density at radius 2 is 2.07 bits per heavy atom. The lowest BCUT2D eigenvalue weighted by molar-refractivity contribution is -0.0230. The molecular formula is C10H11BrF2O2. The van der Waals surface area contributed by atoms with E-state index < -0.39 is 12.5 Å². The molecule has 84 valence electrons. The summed E-state index contributed by atoms with van der Waals surface area (Å²) in [7, 11) is 0. The van der Waals surface area contributed by atoms with Gasteiger partial charge in [-0.05, 0) is 23.8 Å². The highest BCUT2D eigenvalue weighted by atomic mass is 79.9. The van der Waals surface area contributed by atoms with Crippen LogP contribution in [-0.2, 0) is 6.61 Å². The third-order valence-corrected chi connectivity index (χ3v) is 2.06. The molecule has 0 aliphatic rings. The maximum atomic E-state index is 12.5. The van der Waals surface area contributed by atoms with E-state index in [1.54, 1.807) is 12.1 Å². The number of benzene rings is 1. The number of rotatable bonds is 4. The highest BCUT2D eigenvalue weighted by Crippen LogP contribution is 2.23. The van der Waals surface area contributed by atoms with Crippen molar-refractivity contribution in [3.63, 3.8) is 0 Å². The Morgan fingerprint density at radius 1 is 1.40 bits per heavy atom. The van der Waals surface area contributed by atoms with Crippen LogP contribution in [-0.4, -0.2) is 17.6 Å². The lowest BCUT2D eigenvalue weighted by Crippen LogP contribution is -2.20. The SMILES string of the molecule is CC(F)(F)COc1cc(Br)cc(CO)c1. The Morgan fingerprint density at radius 3 is 2.60 bits per heavy atom. The van der Waals surface area contributed by atoms with Gasteiger partial charge in [-0.15, -0.1) is 0 Å². The van der Waals surface area contributed by atoms with Crippen LogP contribution in [0.5, 0.6) is 5.75 Å². The molecule has 0 bridgehead atoms. The van der Waals surface area contributed by atoms with Crippen molar-refractivity contribution in [3.05, 3.63) is 28.2 Å². The number of alkyl halides is 2. The summed E-state index contributed by atoms with van der Waals surface area (Å²) in [4.78, 5) is 0. The molecule has 1 aromatic rings. The summed E-state index contributed by atoms with van der Waals surface area (Å²) in [6.45, 7) is -0.0371. The van der Waals surface area contributed by atoms with Crippen LogP contribution in [0.25, 0.3) is 0 Å². The van der Waals surface area contributed by atoms with Gasteiger partial charge in [-0.2, -0.15) is 0 Å². The van der Waals surface area contributed by atoms with Crippen LogP contribution in [0.2, 0.25) is 0 Å². The predicted octanol–water partition coefficient (Wildman–Crippen LogP) is 2.98. The molecule has 1 N–H and O–H groups in total. The molecule has 0 saturated carbocycles. The Labute approximate surface area is 95.0 Å². The molecule has 0 radical (unpaired) electrons. The summed E-state index contributed by atoms with van der Waals surface area (Å²) < 4.78 is 30.6. The minimum absolute atomic E-state index is 0.154. The Bertz CT molecular complexity index is 337. The van der Waals surface area contributed by atoms with Crippen LogP contribution in [0.3, 0.4) is 0 Å². The highest BCUT2D eigenvalue weighted by molar-refractivity contribution is 9.10. The first-order chi connectivity index (χ1) is 6.90. The van der Waals surface area contributed by atoms with Crippen molar-refractivity contribution in [2.45, 2.75) is 19.5 Å². The monoisotopic (exact) mass is 280 g/mol. The Hall–Kier alpha value is -0.680. The molecular weight excluding hydrogens is 270 g/mol. The summed E-state index contributed by atoms with van der Waals surface area (Å²) in [6, 6.07) is 4.79. The number of hydrogen-bond donors (Lipinski definition) is 1. The topological polar surface area (TPSA) is 29.5 Å². The zero-order valence-corrected chi connectivity index (χ0v) is 9.72. The molecule has 0 atom stereocenters. The van der Waals surface area contributed by atoms with Crippen molar-refractivity contribution in [1.82, 2.24) is 0 Å². The molecule has 2 nitrogen and oxygen atoms in total. The molecule has 0 aliphatic heterocycles. The summed E-state index contributed by atoms with van der Waals surface area (Å²) in [6.07, 6.45) is 0. The Balaban J connectivity index is 2.73.